The molecule has 0 bridgehead atoms. The Balaban J connectivity index is 1.64. The molecule has 2 aromatic rings. The second kappa shape index (κ2) is 5.80. The van der Waals surface area contributed by atoms with E-state index in [2.05, 4.69) is 36.4 Å². The molecule has 3 aliphatic carbocycles. The number of carbonyl (C=O) groups excluding carboxylic acids is 2. The Morgan fingerprint density at radius 2 is 1.81 bits per heavy atom. The van der Waals surface area contributed by atoms with Gasteiger partial charge in [0.05, 0.1) is 5.92 Å². The van der Waals surface area contributed by atoms with Crippen LogP contribution in [0.15, 0.2) is 42.0 Å². The monoisotopic (exact) mass is 345 g/mol. The lowest BCUT2D eigenvalue weighted by Gasteiger charge is -2.42. The lowest BCUT2D eigenvalue weighted by Crippen LogP contribution is -2.44. The Hall–Kier alpha value is -2.42. The summed E-state index contributed by atoms with van der Waals surface area (Å²) in [4.78, 5) is 24.8. The van der Waals surface area contributed by atoms with E-state index in [-0.39, 0.29) is 11.7 Å². The van der Waals surface area contributed by atoms with Crippen LogP contribution >= 0.6 is 0 Å². The fourth-order valence-corrected chi connectivity index (χ4v) is 5.63. The molecule has 3 heteroatoms. The second-order valence-electron chi connectivity index (χ2n) is 8.03. The maximum Gasteiger partial charge on any atom is 0.228 e. The zero-order valence-corrected chi connectivity index (χ0v) is 14.8. The third kappa shape index (κ3) is 2.19. The molecule has 0 saturated heterocycles. The summed E-state index contributed by atoms with van der Waals surface area (Å²) in [5.41, 5.74) is 10.9. The molecular formula is C23H23NO2. The van der Waals surface area contributed by atoms with Crippen molar-refractivity contribution in [1.29, 1.82) is 0 Å². The van der Waals surface area contributed by atoms with Crippen LogP contribution in [-0.4, -0.2) is 11.7 Å². The number of allylic oxidation sites excluding steroid dienone is 2. The maximum absolute atomic E-state index is 13.0. The molecule has 3 atom stereocenters. The molecule has 3 unspecified atom stereocenters. The number of hydrogen-bond acceptors (Lipinski definition) is 2. The number of nitrogens with two attached hydrogens (primary N) is 1. The highest BCUT2D eigenvalue weighted by molar-refractivity contribution is 6.04. The average molecular weight is 345 g/mol. The van der Waals surface area contributed by atoms with Gasteiger partial charge in [-0.05, 0) is 71.9 Å². The SMILES string of the molecule is NC(=O)C1CCC2CCC3=C(CCc4c3ccc3ccccc43)C2C1=O. The van der Waals surface area contributed by atoms with Crippen LogP contribution in [0.1, 0.15) is 43.2 Å². The van der Waals surface area contributed by atoms with Crippen molar-refractivity contribution in [3.8, 4) is 0 Å². The van der Waals surface area contributed by atoms with Crippen LogP contribution in [0.3, 0.4) is 0 Å². The number of ketones is 1. The summed E-state index contributed by atoms with van der Waals surface area (Å²) in [5, 5.41) is 2.62. The summed E-state index contributed by atoms with van der Waals surface area (Å²) in [5.74, 6) is -0.613. The third-order valence-corrected chi connectivity index (χ3v) is 6.83. The molecule has 0 aliphatic heterocycles. The summed E-state index contributed by atoms with van der Waals surface area (Å²) in [6, 6.07) is 13.0. The lowest BCUT2D eigenvalue weighted by molar-refractivity contribution is -0.137. The van der Waals surface area contributed by atoms with Crippen LogP contribution in [0.4, 0.5) is 0 Å². The number of carbonyl (C=O) groups is 2. The van der Waals surface area contributed by atoms with Crippen molar-refractivity contribution in [1.82, 2.24) is 0 Å². The van der Waals surface area contributed by atoms with Crippen LogP contribution in [0.2, 0.25) is 0 Å². The molecule has 26 heavy (non-hydrogen) atoms. The fraction of sp³-hybridized carbons (Fsp3) is 0.391. The standard InChI is InChI=1S/C23H23NO2/c24-23(26)20-10-7-14-6-9-18-17-8-5-13-3-1-2-4-15(13)16(17)11-12-19(18)21(14)22(20)25/h1-5,8,14,20-21H,6-7,9-12H2,(H2,24,26). The second-order valence-corrected chi connectivity index (χ2v) is 8.03. The van der Waals surface area contributed by atoms with E-state index in [4.69, 9.17) is 5.73 Å². The summed E-state index contributed by atoms with van der Waals surface area (Å²) in [6.07, 6.45) is 5.61. The molecular weight excluding hydrogens is 322 g/mol. The molecule has 0 heterocycles. The number of primary amides is 1. The van der Waals surface area contributed by atoms with E-state index in [0.717, 1.165) is 32.1 Å². The van der Waals surface area contributed by atoms with E-state index in [9.17, 15) is 9.59 Å². The molecule has 0 radical (unpaired) electrons. The van der Waals surface area contributed by atoms with Gasteiger partial charge in [0.1, 0.15) is 0 Å². The smallest absolute Gasteiger partial charge is 0.228 e. The summed E-state index contributed by atoms with van der Waals surface area (Å²) < 4.78 is 0. The predicted molar refractivity (Wildman–Crippen MR) is 102 cm³/mol. The van der Waals surface area contributed by atoms with Gasteiger partial charge in [-0.3, -0.25) is 9.59 Å². The number of fused-ring (bicyclic) bond motifs is 6. The lowest BCUT2D eigenvalue weighted by atomic mass is 9.61. The largest absolute Gasteiger partial charge is 0.369 e. The topological polar surface area (TPSA) is 60.2 Å². The normalized spacial score (nSPS) is 27.7. The molecule has 1 saturated carbocycles. The van der Waals surface area contributed by atoms with Gasteiger partial charge in [-0.15, -0.1) is 0 Å². The van der Waals surface area contributed by atoms with Crippen LogP contribution in [0, 0.1) is 17.8 Å². The Labute approximate surface area is 153 Å². The van der Waals surface area contributed by atoms with E-state index < -0.39 is 11.8 Å². The number of aryl methyl sites for hydroxylation is 1. The van der Waals surface area contributed by atoms with Gasteiger partial charge >= 0.3 is 0 Å². The molecule has 2 aromatic carbocycles. The van der Waals surface area contributed by atoms with E-state index in [1.54, 1.807) is 0 Å². The maximum atomic E-state index is 13.0. The van der Waals surface area contributed by atoms with Gasteiger partial charge in [-0.1, -0.05) is 42.0 Å². The van der Waals surface area contributed by atoms with Crippen molar-refractivity contribution >= 4 is 28.0 Å². The number of hydrogen-bond donors (Lipinski definition) is 1. The number of amides is 1. The minimum Gasteiger partial charge on any atom is -0.369 e. The first kappa shape index (κ1) is 15.8. The van der Waals surface area contributed by atoms with Crippen molar-refractivity contribution in [2.45, 2.75) is 38.5 Å². The first-order valence-electron chi connectivity index (χ1n) is 9.71. The van der Waals surface area contributed by atoms with Gasteiger partial charge in [0.15, 0.2) is 5.78 Å². The highest BCUT2D eigenvalue weighted by atomic mass is 16.2. The Bertz CT molecular complexity index is 971. The van der Waals surface area contributed by atoms with Gasteiger partial charge in [0.25, 0.3) is 0 Å². The van der Waals surface area contributed by atoms with Crippen LogP contribution in [0.5, 0.6) is 0 Å². The summed E-state index contributed by atoms with van der Waals surface area (Å²) >= 11 is 0. The van der Waals surface area contributed by atoms with Gasteiger partial charge in [-0.2, -0.15) is 0 Å². The minimum absolute atomic E-state index is 0.0791. The highest BCUT2D eigenvalue weighted by Crippen LogP contribution is 2.50. The number of rotatable bonds is 1. The third-order valence-electron chi connectivity index (χ3n) is 6.83. The van der Waals surface area contributed by atoms with Crippen LogP contribution < -0.4 is 5.73 Å². The summed E-state index contributed by atoms with van der Waals surface area (Å²) in [7, 11) is 0. The van der Waals surface area contributed by atoms with E-state index >= 15 is 0 Å². The molecule has 0 aromatic heterocycles. The van der Waals surface area contributed by atoms with E-state index in [0.29, 0.717) is 12.3 Å². The Kier molecular flexibility index (Phi) is 3.53. The molecule has 132 valence electrons. The van der Waals surface area contributed by atoms with Gasteiger partial charge in [0, 0.05) is 5.92 Å². The molecule has 3 aliphatic rings. The van der Waals surface area contributed by atoms with Gasteiger partial charge < -0.3 is 5.73 Å². The first-order chi connectivity index (χ1) is 12.6. The van der Waals surface area contributed by atoms with Crippen molar-refractivity contribution in [3.63, 3.8) is 0 Å². The summed E-state index contributed by atoms with van der Waals surface area (Å²) in [6.45, 7) is 0. The van der Waals surface area contributed by atoms with Crippen molar-refractivity contribution in [2.24, 2.45) is 23.5 Å². The Morgan fingerprint density at radius 1 is 0.962 bits per heavy atom. The molecule has 0 spiro atoms. The zero-order chi connectivity index (χ0) is 17.8. The van der Waals surface area contributed by atoms with E-state index in [1.807, 2.05) is 0 Å². The average Bonchev–Trinajstić information content (AvgIpc) is 2.66. The highest BCUT2D eigenvalue weighted by Gasteiger charge is 2.45. The van der Waals surface area contributed by atoms with E-state index in [1.165, 1.54) is 33.0 Å². The zero-order valence-electron chi connectivity index (χ0n) is 14.8. The van der Waals surface area contributed by atoms with Gasteiger partial charge in [-0.25, -0.2) is 0 Å². The fourth-order valence-electron chi connectivity index (χ4n) is 5.63. The predicted octanol–water partition coefficient (Wildman–Crippen LogP) is 4.03. The van der Waals surface area contributed by atoms with Crippen LogP contribution in [-0.2, 0) is 16.0 Å². The van der Waals surface area contributed by atoms with Crippen LogP contribution in [0.25, 0.3) is 16.3 Å². The Morgan fingerprint density at radius 3 is 2.65 bits per heavy atom. The first-order valence-corrected chi connectivity index (χ1v) is 9.71. The van der Waals surface area contributed by atoms with Gasteiger partial charge in [0.2, 0.25) is 5.91 Å². The minimum atomic E-state index is -0.582. The number of Topliss-reactive ketones (excluding diaryl/α,β-unsaturated/α-hetero) is 1. The molecule has 3 nitrogen and oxygen atoms in total. The molecule has 1 fully saturated rings. The molecule has 2 N–H and O–H groups in total. The quantitative estimate of drug-likeness (QED) is 0.793. The van der Waals surface area contributed by atoms with Crippen molar-refractivity contribution in [2.75, 3.05) is 0 Å². The molecule has 5 rings (SSSR count). The van der Waals surface area contributed by atoms with Crippen molar-refractivity contribution < 1.29 is 9.59 Å². The number of benzene rings is 2. The molecule has 1 amide bonds. The van der Waals surface area contributed by atoms with Crippen molar-refractivity contribution in [3.05, 3.63) is 53.1 Å².